The van der Waals surface area contributed by atoms with Crippen LogP contribution in [0.1, 0.15) is 18.4 Å². The molecule has 0 bridgehead atoms. The van der Waals surface area contributed by atoms with Crippen LogP contribution >= 0.6 is 11.3 Å². The molecule has 0 fully saturated rings. The molecule has 1 unspecified atom stereocenters. The van der Waals surface area contributed by atoms with Gasteiger partial charge >= 0.3 is 6.18 Å². The number of hydrogen-bond acceptors (Lipinski definition) is 2. The summed E-state index contributed by atoms with van der Waals surface area (Å²) in [4.78, 5) is 0. The molecular weight excluding hydrogens is 211 g/mol. The van der Waals surface area contributed by atoms with E-state index in [1.54, 1.807) is 0 Å². The summed E-state index contributed by atoms with van der Waals surface area (Å²) in [6.45, 7) is 0. The Morgan fingerprint density at radius 1 is 1.43 bits per heavy atom. The first-order chi connectivity index (χ1) is 6.47. The van der Waals surface area contributed by atoms with Gasteiger partial charge in [0.2, 0.25) is 0 Å². The number of rotatable bonds is 4. The lowest BCUT2D eigenvalue weighted by atomic mass is 10.1. The fraction of sp³-hybridized carbons (Fsp3) is 0.556. The van der Waals surface area contributed by atoms with Crippen LogP contribution in [0.3, 0.4) is 0 Å². The van der Waals surface area contributed by atoms with Crippen LogP contribution in [-0.4, -0.2) is 12.2 Å². The van der Waals surface area contributed by atoms with Crippen LogP contribution in [0.2, 0.25) is 0 Å². The van der Waals surface area contributed by atoms with Gasteiger partial charge in [0.25, 0.3) is 0 Å². The van der Waals surface area contributed by atoms with E-state index in [9.17, 15) is 13.2 Å². The number of thiophene rings is 1. The number of hydrogen-bond donors (Lipinski definition) is 1. The van der Waals surface area contributed by atoms with Crippen molar-refractivity contribution in [3.05, 3.63) is 22.4 Å². The Labute approximate surface area is 84.7 Å². The maximum atomic E-state index is 11.8. The highest BCUT2D eigenvalue weighted by Gasteiger charge is 2.27. The zero-order chi connectivity index (χ0) is 10.6. The van der Waals surface area contributed by atoms with Crippen molar-refractivity contribution in [1.29, 1.82) is 0 Å². The third kappa shape index (κ3) is 4.62. The highest BCUT2D eigenvalue weighted by Crippen LogP contribution is 2.22. The summed E-state index contributed by atoms with van der Waals surface area (Å²) in [5, 5.41) is 3.80. The Kier molecular flexibility index (Phi) is 3.95. The third-order valence-electron chi connectivity index (χ3n) is 1.88. The molecule has 1 rings (SSSR count). The van der Waals surface area contributed by atoms with Crippen molar-refractivity contribution in [3.63, 3.8) is 0 Å². The van der Waals surface area contributed by atoms with E-state index in [1.165, 1.54) is 11.3 Å². The lowest BCUT2D eigenvalue weighted by molar-refractivity contribution is -0.136. The summed E-state index contributed by atoms with van der Waals surface area (Å²) in [6.07, 6.45) is -4.36. The Hall–Kier alpha value is -0.550. The molecule has 1 aromatic rings. The van der Waals surface area contributed by atoms with E-state index >= 15 is 0 Å². The first-order valence-electron chi connectivity index (χ1n) is 4.31. The Bertz CT molecular complexity index is 256. The minimum Gasteiger partial charge on any atom is -0.327 e. The number of alkyl halides is 3. The van der Waals surface area contributed by atoms with E-state index in [0.717, 1.165) is 5.56 Å². The molecule has 80 valence electrons. The summed E-state index contributed by atoms with van der Waals surface area (Å²) in [7, 11) is 0. The first kappa shape index (κ1) is 11.5. The van der Waals surface area contributed by atoms with Crippen LogP contribution in [0.15, 0.2) is 16.8 Å². The molecule has 14 heavy (non-hydrogen) atoms. The predicted octanol–water partition coefficient (Wildman–Crippen LogP) is 2.96. The van der Waals surface area contributed by atoms with Gasteiger partial charge in [0.1, 0.15) is 0 Å². The molecular formula is C9H12F3NS. The molecule has 0 radical (unpaired) electrons. The van der Waals surface area contributed by atoms with Gasteiger partial charge in [-0.25, -0.2) is 0 Å². The second-order valence-electron chi connectivity index (χ2n) is 3.25. The molecule has 2 N–H and O–H groups in total. The van der Waals surface area contributed by atoms with Crippen molar-refractivity contribution in [2.75, 3.05) is 0 Å². The Morgan fingerprint density at radius 2 is 2.14 bits per heavy atom. The quantitative estimate of drug-likeness (QED) is 0.834. The molecule has 0 aliphatic rings. The van der Waals surface area contributed by atoms with Crippen molar-refractivity contribution in [1.82, 2.24) is 0 Å². The zero-order valence-corrected chi connectivity index (χ0v) is 8.37. The molecule has 0 aliphatic carbocycles. The predicted molar refractivity (Wildman–Crippen MR) is 51.3 cm³/mol. The van der Waals surface area contributed by atoms with Gasteiger partial charge in [0.15, 0.2) is 0 Å². The maximum absolute atomic E-state index is 11.8. The van der Waals surface area contributed by atoms with E-state index in [4.69, 9.17) is 5.73 Å². The summed E-state index contributed by atoms with van der Waals surface area (Å²) in [5.74, 6) is 0. The highest BCUT2D eigenvalue weighted by molar-refractivity contribution is 7.07. The largest absolute Gasteiger partial charge is 0.389 e. The van der Waals surface area contributed by atoms with E-state index < -0.39 is 18.6 Å². The molecule has 0 amide bonds. The molecule has 0 aromatic carbocycles. The molecule has 0 aliphatic heterocycles. The minimum absolute atomic E-state index is 0.000648. The molecule has 5 heteroatoms. The van der Waals surface area contributed by atoms with Crippen molar-refractivity contribution in [2.45, 2.75) is 31.5 Å². The molecule has 1 nitrogen and oxygen atoms in total. The first-order valence-corrected chi connectivity index (χ1v) is 5.25. The third-order valence-corrected chi connectivity index (χ3v) is 2.61. The van der Waals surface area contributed by atoms with Crippen molar-refractivity contribution in [3.8, 4) is 0 Å². The molecule has 0 saturated heterocycles. The van der Waals surface area contributed by atoms with Crippen molar-refractivity contribution >= 4 is 11.3 Å². The summed E-state index contributed by atoms with van der Waals surface area (Å²) >= 11 is 1.53. The second kappa shape index (κ2) is 4.79. The highest BCUT2D eigenvalue weighted by atomic mass is 32.1. The fourth-order valence-electron chi connectivity index (χ4n) is 1.16. The lowest BCUT2D eigenvalue weighted by Crippen LogP contribution is -2.25. The summed E-state index contributed by atoms with van der Waals surface area (Å²) in [5.41, 5.74) is 6.59. The topological polar surface area (TPSA) is 26.0 Å². The average Bonchev–Trinajstić information content (AvgIpc) is 2.52. The summed E-state index contributed by atoms with van der Waals surface area (Å²) in [6, 6.07) is 1.49. The van der Waals surface area contributed by atoms with Gasteiger partial charge in [-0.1, -0.05) is 0 Å². The van der Waals surface area contributed by atoms with Crippen LogP contribution in [0.25, 0.3) is 0 Å². The maximum Gasteiger partial charge on any atom is 0.389 e. The van der Waals surface area contributed by atoms with Gasteiger partial charge in [0, 0.05) is 12.5 Å². The lowest BCUT2D eigenvalue weighted by Gasteiger charge is -2.12. The van der Waals surface area contributed by atoms with E-state index in [1.807, 2.05) is 16.8 Å². The molecule has 1 atom stereocenters. The van der Waals surface area contributed by atoms with Gasteiger partial charge < -0.3 is 5.73 Å². The Balaban J connectivity index is 2.26. The van der Waals surface area contributed by atoms with Gasteiger partial charge in [-0.15, -0.1) is 0 Å². The fourth-order valence-corrected chi connectivity index (χ4v) is 1.84. The standard InChI is InChI=1S/C9H12F3NS/c10-9(11,12)3-1-8(13)5-7-2-4-14-6-7/h2,4,6,8H,1,3,5,13H2. The SMILES string of the molecule is NC(CCC(F)(F)F)Cc1ccsc1. The van der Waals surface area contributed by atoms with Gasteiger partial charge in [-0.05, 0) is 35.2 Å². The van der Waals surface area contributed by atoms with Gasteiger partial charge in [-0.3, -0.25) is 0 Å². The monoisotopic (exact) mass is 223 g/mol. The van der Waals surface area contributed by atoms with E-state index in [0.29, 0.717) is 6.42 Å². The summed E-state index contributed by atoms with van der Waals surface area (Å²) < 4.78 is 35.5. The van der Waals surface area contributed by atoms with Crippen molar-refractivity contribution < 1.29 is 13.2 Å². The van der Waals surface area contributed by atoms with Crippen LogP contribution in [0.5, 0.6) is 0 Å². The van der Waals surface area contributed by atoms with E-state index in [2.05, 4.69) is 0 Å². The van der Waals surface area contributed by atoms with Crippen LogP contribution in [-0.2, 0) is 6.42 Å². The average molecular weight is 223 g/mol. The normalized spacial score (nSPS) is 14.3. The van der Waals surface area contributed by atoms with Crippen LogP contribution < -0.4 is 5.73 Å². The van der Waals surface area contributed by atoms with Crippen LogP contribution in [0, 0.1) is 0 Å². The zero-order valence-electron chi connectivity index (χ0n) is 7.55. The van der Waals surface area contributed by atoms with Crippen LogP contribution in [0.4, 0.5) is 13.2 Å². The molecule has 1 heterocycles. The van der Waals surface area contributed by atoms with Crippen molar-refractivity contribution in [2.24, 2.45) is 5.73 Å². The number of nitrogens with two attached hydrogens (primary N) is 1. The van der Waals surface area contributed by atoms with Gasteiger partial charge in [0.05, 0.1) is 0 Å². The molecule has 0 spiro atoms. The number of halogens is 3. The van der Waals surface area contributed by atoms with Gasteiger partial charge in [-0.2, -0.15) is 24.5 Å². The van der Waals surface area contributed by atoms with E-state index in [-0.39, 0.29) is 6.42 Å². The molecule has 1 aromatic heterocycles. The minimum atomic E-state index is -4.09. The Morgan fingerprint density at radius 3 is 2.64 bits per heavy atom. The smallest absolute Gasteiger partial charge is 0.327 e. The molecule has 0 saturated carbocycles. The second-order valence-corrected chi connectivity index (χ2v) is 4.03.